The summed E-state index contributed by atoms with van der Waals surface area (Å²) in [5.74, 6) is 0. The number of aromatic nitrogens is 1. The average molecular weight is 364 g/mol. The first-order chi connectivity index (χ1) is 8.92. The van der Waals surface area contributed by atoms with Gasteiger partial charge in [0.05, 0.1) is 4.90 Å². The first-order valence-electron chi connectivity index (χ1n) is 5.50. The number of nitrogens with one attached hydrogen (secondary N) is 1. The topological polar surface area (TPSA) is 77.1 Å². The minimum atomic E-state index is -3.50. The maximum absolute atomic E-state index is 12.1. The Morgan fingerprint density at radius 3 is 2.74 bits per heavy atom. The van der Waals surface area contributed by atoms with Crippen LogP contribution in [0.1, 0.15) is 10.6 Å². The normalized spacial score (nSPS) is 11.9. The van der Waals surface area contributed by atoms with Crippen LogP contribution in [-0.4, -0.2) is 13.0 Å². The van der Waals surface area contributed by atoms with Gasteiger partial charge in [0.2, 0.25) is 10.0 Å². The molecule has 0 atom stereocenters. The van der Waals surface area contributed by atoms with E-state index in [-0.39, 0.29) is 11.4 Å². The van der Waals surface area contributed by atoms with Crippen LogP contribution in [0.4, 0.5) is 0 Å². The number of hydrogen-bond acceptors (Lipinski definition) is 4. The van der Waals surface area contributed by atoms with Gasteiger partial charge in [0.1, 0.15) is 0 Å². The molecule has 19 heavy (non-hydrogen) atoms. The molecule has 104 valence electrons. The van der Waals surface area contributed by atoms with Crippen molar-refractivity contribution >= 4 is 37.3 Å². The average Bonchev–Trinajstić information content (AvgIpc) is 2.93. The number of halogens is 1. The first-order valence-corrected chi connectivity index (χ1v) is 8.66. The van der Waals surface area contributed by atoms with Crippen molar-refractivity contribution in [2.24, 2.45) is 12.8 Å². The van der Waals surface area contributed by atoms with E-state index < -0.39 is 10.0 Å². The molecule has 0 aliphatic rings. The minimum Gasteiger partial charge on any atom is -0.352 e. The highest BCUT2D eigenvalue weighted by Gasteiger charge is 2.17. The molecule has 3 N–H and O–H groups in total. The van der Waals surface area contributed by atoms with Gasteiger partial charge in [-0.25, -0.2) is 13.1 Å². The fraction of sp³-hybridized carbons (Fsp3) is 0.273. The second-order valence-corrected chi connectivity index (χ2v) is 7.72. The zero-order chi connectivity index (χ0) is 14.0. The molecular formula is C11H14BrN3O2S2. The molecule has 0 saturated carbocycles. The molecule has 2 rings (SSSR count). The van der Waals surface area contributed by atoms with E-state index in [4.69, 9.17) is 5.73 Å². The zero-order valence-electron chi connectivity index (χ0n) is 10.3. The molecule has 0 amide bonds. The predicted molar refractivity (Wildman–Crippen MR) is 79.3 cm³/mol. The lowest BCUT2D eigenvalue weighted by Crippen LogP contribution is -2.22. The van der Waals surface area contributed by atoms with Gasteiger partial charge >= 0.3 is 0 Å². The molecule has 0 saturated heterocycles. The number of nitrogens with zero attached hydrogens (tertiary/aromatic N) is 1. The highest BCUT2D eigenvalue weighted by atomic mass is 79.9. The predicted octanol–water partition coefficient (Wildman–Crippen LogP) is 1.79. The van der Waals surface area contributed by atoms with Gasteiger partial charge in [0.25, 0.3) is 0 Å². The number of rotatable bonds is 5. The van der Waals surface area contributed by atoms with Crippen LogP contribution in [0.2, 0.25) is 0 Å². The summed E-state index contributed by atoms with van der Waals surface area (Å²) in [6.07, 6.45) is 1.56. The van der Waals surface area contributed by atoms with Crippen LogP contribution in [0.25, 0.3) is 0 Å². The van der Waals surface area contributed by atoms with E-state index in [9.17, 15) is 8.42 Å². The second-order valence-electron chi connectivity index (χ2n) is 4.04. The van der Waals surface area contributed by atoms with Crippen molar-refractivity contribution in [3.05, 3.63) is 38.8 Å². The Morgan fingerprint density at radius 2 is 2.21 bits per heavy atom. The Labute approximate surface area is 124 Å². The SMILES string of the molecule is Cn1cc(S(=O)(=O)NCc2cc(Br)cs2)cc1CN. The van der Waals surface area contributed by atoms with E-state index in [1.54, 1.807) is 23.9 Å². The Morgan fingerprint density at radius 1 is 1.47 bits per heavy atom. The van der Waals surface area contributed by atoms with Gasteiger partial charge in [-0.15, -0.1) is 11.3 Å². The molecule has 0 aliphatic carbocycles. The molecule has 0 unspecified atom stereocenters. The lowest BCUT2D eigenvalue weighted by molar-refractivity contribution is 0.581. The zero-order valence-corrected chi connectivity index (χ0v) is 13.5. The Bertz CT molecular complexity index is 676. The highest BCUT2D eigenvalue weighted by molar-refractivity contribution is 9.10. The lowest BCUT2D eigenvalue weighted by Gasteiger charge is -2.02. The number of thiophene rings is 1. The molecule has 0 radical (unpaired) electrons. The standard InChI is InChI=1S/C11H14BrN3O2S2/c1-15-6-11(3-9(15)4-13)19(16,17)14-5-10-2-8(12)7-18-10/h2-3,6-7,14H,4-5,13H2,1H3. The van der Waals surface area contributed by atoms with Crippen molar-refractivity contribution in [2.45, 2.75) is 18.0 Å². The van der Waals surface area contributed by atoms with Gasteiger partial charge in [-0.1, -0.05) is 0 Å². The first kappa shape index (κ1) is 14.7. The summed E-state index contributed by atoms with van der Waals surface area (Å²) in [5.41, 5.74) is 6.31. The van der Waals surface area contributed by atoms with Crippen molar-refractivity contribution in [1.29, 1.82) is 0 Å². The molecule has 2 aromatic rings. The molecule has 0 spiro atoms. The third kappa shape index (κ3) is 3.46. The third-order valence-corrected chi connectivity index (χ3v) is 5.73. The van der Waals surface area contributed by atoms with Crippen LogP contribution >= 0.6 is 27.3 Å². The summed E-state index contributed by atoms with van der Waals surface area (Å²) in [4.78, 5) is 1.19. The van der Waals surface area contributed by atoms with Crippen LogP contribution < -0.4 is 10.5 Å². The minimum absolute atomic E-state index is 0.242. The molecule has 0 fully saturated rings. The van der Waals surface area contributed by atoms with Crippen LogP contribution in [0.5, 0.6) is 0 Å². The van der Waals surface area contributed by atoms with Crippen molar-refractivity contribution in [1.82, 2.24) is 9.29 Å². The van der Waals surface area contributed by atoms with Crippen LogP contribution in [0, 0.1) is 0 Å². The summed E-state index contributed by atoms with van der Waals surface area (Å²) >= 11 is 4.83. The van der Waals surface area contributed by atoms with E-state index in [0.29, 0.717) is 6.54 Å². The van der Waals surface area contributed by atoms with Crippen LogP contribution in [-0.2, 0) is 30.2 Å². The number of aryl methyl sites for hydroxylation is 1. The van der Waals surface area contributed by atoms with Gasteiger partial charge in [-0.2, -0.15) is 0 Å². The fourth-order valence-corrected chi connectivity index (χ4v) is 4.21. The van der Waals surface area contributed by atoms with Crippen molar-refractivity contribution < 1.29 is 8.42 Å². The molecule has 0 bridgehead atoms. The summed E-state index contributed by atoms with van der Waals surface area (Å²) in [5, 5.41) is 1.92. The van der Waals surface area contributed by atoms with Crippen molar-refractivity contribution in [3.8, 4) is 0 Å². The number of nitrogens with two attached hydrogens (primary N) is 1. The van der Waals surface area contributed by atoms with Gasteiger partial charge in [-0.05, 0) is 28.1 Å². The highest BCUT2D eigenvalue weighted by Crippen LogP contribution is 2.20. The second kappa shape index (κ2) is 5.76. The molecule has 8 heteroatoms. The molecule has 5 nitrogen and oxygen atoms in total. The number of sulfonamides is 1. The van der Waals surface area contributed by atoms with E-state index in [1.807, 2.05) is 11.4 Å². The summed E-state index contributed by atoms with van der Waals surface area (Å²) in [6.45, 7) is 0.593. The Balaban J connectivity index is 2.13. The Hall–Kier alpha value is -0.670. The Kier molecular flexibility index (Phi) is 4.46. The van der Waals surface area contributed by atoms with Gasteiger partial charge in [0, 0.05) is 46.8 Å². The molecule has 2 heterocycles. The summed E-state index contributed by atoms with van der Waals surface area (Å²) in [7, 11) is -1.72. The van der Waals surface area contributed by atoms with Crippen LogP contribution in [0.3, 0.4) is 0 Å². The van der Waals surface area contributed by atoms with E-state index >= 15 is 0 Å². The van der Waals surface area contributed by atoms with E-state index in [0.717, 1.165) is 15.0 Å². The smallest absolute Gasteiger partial charge is 0.242 e. The van der Waals surface area contributed by atoms with E-state index in [2.05, 4.69) is 20.7 Å². The largest absolute Gasteiger partial charge is 0.352 e. The third-order valence-electron chi connectivity index (χ3n) is 2.66. The maximum atomic E-state index is 12.1. The maximum Gasteiger partial charge on any atom is 0.242 e. The summed E-state index contributed by atoms with van der Waals surface area (Å²) in [6, 6.07) is 3.48. The fourth-order valence-electron chi connectivity index (χ4n) is 1.62. The van der Waals surface area contributed by atoms with E-state index in [1.165, 1.54) is 11.3 Å². The molecule has 2 aromatic heterocycles. The monoisotopic (exact) mass is 363 g/mol. The molecular weight excluding hydrogens is 350 g/mol. The van der Waals surface area contributed by atoms with Crippen molar-refractivity contribution in [2.75, 3.05) is 0 Å². The van der Waals surface area contributed by atoms with Gasteiger partial charge in [0.15, 0.2) is 0 Å². The van der Waals surface area contributed by atoms with Crippen LogP contribution in [0.15, 0.2) is 33.1 Å². The van der Waals surface area contributed by atoms with Gasteiger partial charge < -0.3 is 10.3 Å². The molecule has 0 aromatic carbocycles. The number of hydrogen-bond donors (Lipinski definition) is 2. The lowest BCUT2D eigenvalue weighted by atomic mass is 10.4. The van der Waals surface area contributed by atoms with Gasteiger partial charge in [-0.3, -0.25) is 0 Å². The quantitative estimate of drug-likeness (QED) is 0.849. The van der Waals surface area contributed by atoms with Crippen molar-refractivity contribution in [3.63, 3.8) is 0 Å². The summed E-state index contributed by atoms with van der Waals surface area (Å²) < 4.78 is 29.5. The molecule has 0 aliphatic heterocycles.